The molecule has 0 aromatic carbocycles. The summed E-state index contributed by atoms with van der Waals surface area (Å²) < 4.78 is 1.42. The van der Waals surface area contributed by atoms with Crippen molar-refractivity contribution in [2.45, 2.75) is 79.1 Å². The Morgan fingerprint density at radius 3 is 0.879 bits per heavy atom. The van der Waals surface area contributed by atoms with Gasteiger partial charge in [0.1, 0.15) is 0 Å². The molecule has 0 spiro atoms. The monoisotopic (exact) mass is 483 g/mol. The molecule has 0 aliphatic heterocycles. The van der Waals surface area contributed by atoms with E-state index < -0.39 is 31.2 Å². The van der Waals surface area contributed by atoms with Crippen molar-refractivity contribution in [3.8, 4) is 0 Å². The molecule has 6 N–H and O–H groups in total. The Labute approximate surface area is 196 Å². The first-order valence-corrected chi connectivity index (χ1v) is 11.1. The maximum absolute atomic E-state index is 9.10. The van der Waals surface area contributed by atoms with E-state index >= 15 is 0 Å². The van der Waals surface area contributed by atoms with Crippen LogP contribution in [0.15, 0.2) is 0 Å². The van der Waals surface area contributed by atoms with E-state index in [1.165, 1.54) is 82.0 Å². The van der Waals surface area contributed by atoms with E-state index in [2.05, 4.69) is 27.7 Å². The van der Waals surface area contributed by atoms with Crippen LogP contribution < -0.4 is 5.11 Å². The average molecular weight is 483 g/mol. The summed E-state index contributed by atoms with van der Waals surface area (Å²) in [6.07, 6.45) is 11.1. The molecule has 0 amide bonds. The number of aliphatic carboxylic acids is 4. The van der Waals surface area contributed by atoms with Gasteiger partial charge in [-0.2, -0.15) is 0 Å². The normalized spacial score (nSPS) is 9.67. The predicted octanol–water partition coefficient (Wildman–Crippen LogP) is -0.0717. The summed E-state index contributed by atoms with van der Waals surface area (Å²) in [6.45, 7) is 15.0. The first kappa shape index (κ1) is 38.1. The average Bonchev–Trinajstić information content (AvgIpc) is 2.73. The Kier molecular flexibility index (Phi) is 30.0. The standard InChI is InChI=1S/C16H36N.2C2H2O4.BH3O3/c1-5-9-13-17(14-10-6-2,15-11-7-3)16-12-8-4;2*3-1(4)2(5)6;2-1(3)4/h5-16H2,1-4H3;2*(H,3,4)(H,5,6);2-4H/q+1;;;/p-1. The second-order valence-electron chi connectivity index (χ2n) is 7.20. The van der Waals surface area contributed by atoms with Gasteiger partial charge < -0.3 is 44.8 Å². The Balaban J connectivity index is -0.000000214. The lowest BCUT2D eigenvalue weighted by Gasteiger charge is -2.39. The fourth-order valence-corrected chi connectivity index (χ4v) is 2.64. The van der Waals surface area contributed by atoms with E-state index in [0.29, 0.717) is 0 Å². The number of hydrogen-bond acceptors (Lipinski definition) is 8. The van der Waals surface area contributed by atoms with E-state index in [4.69, 9.17) is 54.7 Å². The highest BCUT2D eigenvalue weighted by Gasteiger charge is 2.24. The molecule has 0 aliphatic carbocycles. The first-order chi connectivity index (χ1) is 15.3. The molecule has 0 bridgehead atoms. The molecule has 12 nitrogen and oxygen atoms in total. The van der Waals surface area contributed by atoms with Crippen LogP contribution in [0.5, 0.6) is 0 Å². The summed E-state index contributed by atoms with van der Waals surface area (Å²) in [4.78, 5) is 36.2. The molecular formula is C20H42BNO11. The summed E-state index contributed by atoms with van der Waals surface area (Å²) >= 11 is 0. The third kappa shape index (κ3) is 34.6. The van der Waals surface area contributed by atoms with Crippen LogP contribution >= 0.6 is 0 Å². The van der Waals surface area contributed by atoms with Gasteiger partial charge in [0.05, 0.1) is 26.2 Å². The van der Waals surface area contributed by atoms with Crippen molar-refractivity contribution >= 4 is 31.2 Å². The van der Waals surface area contributed by atoms with E-state index in [1.54, 1.807) is 0 Å². The van der Waals surface area contributed by atoms with Crippen LogP contribution in [0.25, 0.3) is 0 Å². The molecule has 0 saturated carbocycles. The van der Waals surface area contributed by atoms with Gasteiger partial charge in [-0.15, -0.1) is 0 Å². The third-order valence-corrected chi connectivity index (χ3v) is 4.30. The fraction of sp³-hybridized carbons (Fsp3) is 0.800. The Bertz CT molecular complexity index is 428. The molecule has 0 rings (SSSR count). The number of carbonyl (C=O) groups excluding carboxylic acids is 1. The van der Waals surface area contributed by atoms with Crippen LogP contribution in [0, 0.1) is 0 Å². The maximum Gasteiger partial charge on any atom is 0.631 e. The molecule has 13 heteroatoms. The molecule has 0 aromatic rings. The van der Waals surface area contributed by atoms with E-state index in [-0.39, 0.29) is 0 Å². The molecule has 0 saturated heterocycles. The first-order valence-electron chi connectivity index (χ1n) is 11.1. The number of quaternary nitrogens is 1. The SMILES string of the molecule is CCCC[N+](CCCC)(CCCC)CCCC.O=C(O)C(=O)O.O=C([O-])C(=O)O.OB(O)O. The minimum absolute atomic E-state index is 1.35. The Morgan fingerprint density at radius 1 is 0.606 bits per heavy atom. The smallest absolute Gasteiger partial charge is 0.539 e. The highest BCUT2D eigenvalue weighted by Crippen LogP contribution is 2.16. The summed E-state index contributed by atoms with van der Waals surface area (Å²) in [6, 6.07) is 0. The van der Waals surface area contributed by atoms with Gasteiger partial charge in [-0.05, 0) is 25.7 Å². The largest absolute Gasteiger partial charge is 0.631 e. The molecule has 0 atom stereocenters. The van der Waals surface area contributed by atoms with E-state index in [0.717, 1.165) is 0 Å². The van der Waals surface area contributed by atoms with Gasteiger partial charge in [-0.25, -0.2) is 14.4 Å². The molecule has 0 aromatic heterocycles. The number of carbonyl (C=O) groups is 4. The van der Waals surface area contributed by atoms with Gasteiger partial charge in [0.15, 0.2) is 5.97 Å². The molecule has 0 unspecified atom stereocenters. The van der Waals surface area contributed by atoms with E-state index in [1.807, 2.05) is 0 Å². The highest BCUT2D eigenvalue weighted by atomic mass is 16.5. The van der Waals surface area contributed by atoms with Gasteiger partial charge in [0.25, 0.3) is 0 Å². The van der Waals surface area contributed by atoms with Crippen LogP contribution in [-0.2, 0) is 19.2 Å². The lowest BCUT2D eigenvalue weighted by atomic mass is 10.1. The second-order valence-corrected chi connectivity index (χ2v) is 7.20. The van der Waals surface area contributed by atoms with Crippen LogP contribution in [-0.4, -0.2) is 92.3 Å². The number of carboxylic acids is 4. The molecular weight excluding hydrogens is 441 g/mol. The maximum atomic E-state index is 9.10. The number of rotatable bonds is 12. The van der Waals surface area contributed by atoms with Crippen LogP contribution in [0.3, 0.4) is 0 Å². The predicted molar refractivity (Wildman–Crippen MR) is 120 cm³/mol. The summed E-state index contributed by atoms with van der Waals surface area (Å²) in [5.41, 5.74) is 0. The highest BCUT2D eigenvalue weighted by molar-refractivity contribution is 6.30. The van der Waals surface area contributed by atoms with E-state index in [9.17, 15) is 0 Å². The molecule has 0 aliphatic rings. The third-order valence-electron chi connectivity index (χ3n) is 4.30. The Morgan fingerprint density at radius 2 is 0.788 bits per heavy atom. The lowest BCUT2D eigenvalue weighted by molar-refractivity contribution is -0.929. The minimum Gasteiger partial charge on any atom is -0.539 e. The number of hydrogen-bond donors (Lipinski definition) is 6. The van der Waals surface area contributed by atoms with Crippen LogP contribution in [0.1, 0.15) is 79.1 Å². The number of nitrogens with zero attached hydrogens (tertiary/aromatic N) is 1. The number of unbranched alkanes of at least 4 members (excludes halogenated alkanes) is 4. The quantitative estimate of drug-likeness (QED) is 0.123. The Hall–Kier alpha value is -2.22. The van der Waals surface area contributed by atoms with Gasteiger partial charge in [0.2, 0.25) is 0 Å². The van der Waals surface area contributed by atoms with Crippen molar-refractivity contribution in [3.63, 3.8) is 0 Å². The zero-order valence-electron chi connectivity index (χ0n) is 20.2. The second kappa shape index (κ2) is 26.0. The van der Waals surface area contributed by atoms with Crippen molar-refractivity contribution < 1.29 is 59.2 Å². The summed E-state index contributed by atoms with van der Waals surface area (Å²) in [5.74, 6) is -7.66. The molecule has 0 heterocycles. The summed E-state index contributed by atoms with van der Waals surface area (Å²) in [7, 11) is -2.17. The lowest BCUT2D eigenvalue weighted by Crippen LogP contribution is -2.50. The van der Waals surface area contributed by atoms with Gasteiger partial charge in [-0.3, -0.25) is 0 Å². The fourth-order valence-electron chi connectivity index (χ4n) is 2.64. The molecule has 0 fully saturated rings. The van der Waals surface area contributed by atoms with Crippen molar-refractivity contribution in [2.75, 3.05) is 26.2 Å². The van der Waals surface area contributed by atoms with Crippen molar-refractivity contribution in [3.05, 3.63) is 0 Å². The topological polar surface area (TPSA) is 213 Å². The minimum atomic E-state index is -2.17. The summed E-state index contributed by atoms with van der Waals surface area (Å²) in [5, 5.41) is 52.6. The zero-order valence-corrected chi connectivity index (χ0v) is 20.2. The molecule has 0 radical (unpaired) electrons. The zero-order chi connectivity index (χ0) is 26.9. The van der Waals surface area contributed by atoms with Gasteiger partial charge >= 0.3 is 25.2 Å². The van der Waals surface area contributed by atoms with Crippen LogP contribution in [0.4, 0.5) is 0 Å². The van der Waals surface area contributed by atoms with Gasteiger partial charge in [-0.1, -0.05) is 53.4 Å². The van der Waals surface area contributed by atoms with Gasteiger partial charge in [0, 0.05) is 0 Å². The van der Waals surface area contributed by atoms with Crippen molar-refractivity contribution in [1.82, 2.24) is 0 Å². The van der Waals surface area contributed by atoms with Crippen LogP contribution in [0.2, 0.25) is 0 Å². The van der Waals surface area contributed by atoms with Crippen molar-refractivity contribution in [1.29, 1.82) is 0 Å². The number of carboxylic acid groups (broad SMARTS) is 4. The van der Waals surface area contributed by atoms with Crippen molar-refractivity contribution in [2.24, 2.45) is 0 Å². The molecule has 33 heavy (non-hydrogen) atoms. The molecule has 196 valence electrons.